The predicted octanol–water partition coefficient (Wildman–Crippen LogP) is 3.25. The molecule has 158 valence electrons. The Morgan fingerprint density at radius 1 is 1.23 bits per heavy atom. The fraction of sp³-hybridized carbons (Fsp3) is 0.400. The summed E-state index contributed by atoms with van der Waals surface area (Å²) in [6.07, 6.45) is 4.04. The Labute approximate surface area is 176 Å². The smallest absolute Gasteiger partial charge is 0.254 e. The first-order valence-electron chi connectivity index (χ1n) is 9.91. The SMILES string of the molecule is CCSc1nc(N2CCCC2)c2cnn(CCNC(=O)c3ccc(F)cc3F)c2n1. The van der Waals surface area contributed by atoms with Crippen LogP contribution in [0.25, 0.3) is 11.0 Å². The van der Waals surface area contributed by atoms with Crippen LogP contribution in [0.1, 0.15) is 30.1 Å². The van der Waals surface area contributed by atoms with Gasteiger partial charge in [0, 0.05) is 25.7 Å². The van der Waals surface area contributed by atoms with Gasteiger partial charge in [0.25, 0.3) is 5.91 Å². The molecule has 0 bridgehead atoms. The molecular weight excluding hydrogens is 410 g/mol. The number of halogens is 2. The van der Waals surface area contributed by atoms with Gasteiger partial charge in [-0.25, -0.2) is 23.4 Å². The number of benzene rings is 1. The molecule has 0 unspecified atom stereocenters. The van der Waals surface area contributed by atoms with Crippen LogP contribution in [0.2, 0.25) is 0 Å². The van der Waals surface area contributed by atoms with E-state index in [1.54, 1.807) is 22.6 Å². The molecule has 0 radical (unpaired) electrons. The molecule has 3 aromatic rings. The Hall–Kier alpha value is -2.75. The van der Waals surface area contributed by atoms with Gasteiger partial charge in [-0.15, -0.1) is 0 Å². The van der Waals surface area contributed by atoms with Crippen molar-refractivity contribution < 1.29 is 13.6 Å². The maximum Gasteiger partial charge on any atom is 0.254 e. The van der Waals surface area contributed by atoms with Gasteiger partial charge in [0.1, 0.15) is 17.5 Å². The number of aromatic nitrogens is 4. The number of nitrogens with one attached hydrogen (secondary N) is 1. The molecule has 0 atom stereocenters. The lowest BCUT2D eigenvalue weighted by Gasteiger charge is -2.17. The van der Waals surface area contributed by atoms with E-state index in [-0.39, 0.29) is 12.1 Å². The summed E-state index contributed by atoms with van der Waals surface area (Å²) < 4.78 is 28.5. The molecule has 3 heterocycles. The number of hydrogen-bond acceptors (Lipinski definition) is 6. The van der Waals surface area contributed by atoms with Gasteiger partial charge in [-0.1, -0.05) is 18.7 Å². The third-order valence-corrected chi connectivity index (χ3v) is 5.65. The molecule has 10 heteroatoms. The Morgan fingerprint density at radius 3 is 2.77 bits per heavy atom. The van der Waals surface area contributed by atoms with E-state index >= 15 is 0 Å². The summed E-state index contributed by atoms with van der Waals surface area (Å²) >= 11 is 1.57. The Balaban J connectivity index is 1.52. The number of carbonyl (C=O) groups excluding carboxylic acids is 1. The van der Waals surface area contributed by atoms with Crippen molar-refractivity contribution in [2.75, 3.05) is 30.3 Å². The van der Waals surface area contributed by atoms with Gasteiger partial charge < -0.3 is 10.2 Å². The molecule has 7 nitrogen and oxygen atoms in total. The lowest BCUT2D eigenvalue weighted by atomic mass is 10.2. The summed E-state index contributed by atoms with van der Waals surface area (Å²) in [6, 6.07) is 2.88. The predicted molar refractivity (Wildman–Crippen MR) is 112 cm³/mol. The molecule has 1 fully saturated rings. The fourth-order valence-electron chi connectivity index (χ4n) is 3.49. The number of fused-ring (bicyclic) bond motifs is 1. The highest BCUT2D eigenvalue weighted by molar-refractivity contribution is 7.99. The van der Waals surface area contributed by atoms with Gasteiger partial charge in [0.15, 0.2) is 10.8 Å². The van der Waals surface area contributed by atoms with Crippen LogP contribution in [-0.2, 0) is 6.54 Å². The summed E-state index contributed by atoms with van der Waals surface area (Å²) in [5, 5.41) is 8.66. The largest absolute Gasteiger partial charge is 0.356 e. The van der Waals surface area contributed by atoms with Crippen molar-refractivity contribution >= 4 is 34.5 Å². The summed E-state index contributed by atoms with van der Waals surface area (Å²) in [4.78, 5) is 23.8. The first-order chi connectivity index (χ1) is 14.6. The second kappa shape index (κ2) is 8.95. The maximum atomic E-state index is 13.8. The normalized spacial score (nSPS) is 13.9. The van der Waals surface area contributed by atoms with Crippen molar-refractivity contribution in [2.45, 2.75) is 31.5 Å². The van der Waals surface area contributed by atoms with Crippen molar-refractivity contribution in [3.63, 3.8) is 0 Å². The molecular formula is C20H22F2N6OS. The van der Waals surface area contributed by atoms with Crippen molar-refractivity contribution in [2.24, 2.45) is 0 Å². The Bertz CT molecular complexity index is 1070. The quantitative estimate of drug-likeness (QED) is 0.456. The van der Waals surface area contributed by atoms with E-state index in [0.717, 1.165) is 55.0 Å². The second-order valence-corrected chi connectivity index (χ2v) is 8.17. The number of thioether (sulfide) groups is 1. The van der Waals surface area contributed by atoms with E-state index in [9.17, 15) is 13.6 Å². The summed E-state index contributed by atoms with van der Waals surface area (Å²) in [7, 11) is 0. The number of anilines is 1. The fourth-order valence-corrected chi connectivity index (χ4v) is 4.05. The summed E-state index contributed by atoms with van der Waals surface area (Å²) in [6.45, 7) is 4.57. The third-order valence-electron chi connectivity index (χ3n) is 4.92. The number of carbonyl (C=O) groups is 1. The van der Waals surface area contributed by atoms with Gasteiger partial charge in [-0.3, -0.25) is 4.79 Å². The van der Waals surface area contributed by atoms with Crippen molar-refractivity contribution in [3.8, 4) is 0 Å². The summed E-state index contributed by atoms with van der Waals surface area (Å²) in [5.74, 6) is -0.448. The number of nitrogens with zero attached hydrogens (tertiary/aromatic N) is 5. The average molecular weight is 433 g/mol. The zero-order valence-electron chi connectivity index (χ0n) is 16.6. The van der Waals surface area contributed by atoms with Crippen molar-refractivity contribution in [1.82, 2.24) is 25.1 Å². The molecule has 4 rings (SSSR count). The minimum Gasteiger partial charge on any atom is -0.356 e. The topological polar surface area (TPSA) is 75.9 Å². The van der Waals surface area contributed by atoms with Crippen molar-refractivity contribution in [3.05, 3.63) is 41.6 Å². The van der Waals surface area contributed by atoms with Crippen LogP contribution in [0.5, 0.6) is 0 Å². The number of amides is 1. The van der Waals surface area contributed by atoms with Crippen LogP contribution in [0.4, 0.5) is 14.6 Å². The van der Waals surface area contributed by atoms with E-state index in [1.807, 2.05) is 0 Å². The van der Waals surface area contributed by atoms with Crippen LogP contribution in [0, 0.1) is 11.6 Å². The average Bonchev–Trinajstić information content (AvgIpc) is 3.38. The van der Waals surface area contributed by atoms with Crippen LogP contribution < -0.4 is 10.2 Å². The zero-order chi connectivity index (χ0) is 21.1. The highest BCUT2D eigenvalue weighted by atomic mass is 32.2. The first kappa shape index (κ1) is 20.5. The van der Waals surface area contributed by atoms with Gasteiger partial charge in [-0.05, 0) is 30.7 Å². The lowest BCUT2D eigenvalue weighted by molar-refractivity contribution is 0.0948. The zero-order valence-corrected chi connectivity index (χ0v) is 17.4. The van der Waals surface area contributed by atoms with Gasteiger partial charge in [-0.2, -0.15) is 5.10 Å². The Morgan fingerprint density at radius 2 is 2.03 bits per heavy atom. The van der Waals surface area contributed by atoms with E-state index in [4.69, 9.17) is 4.98 Å². The highest BCUT2D eigenvalue weighted by Gasteiger charge is 2.21. The molecule has 0 aliphatic carbocycles. The van der Waals surface area contributed by atoms with Gasteiger partial charge >= 0.3 is 0 Å². The summed E-state index contributed by atoms with van der Waals surface area (Å²) in [5.41, 5.74) is 0.520. The van der Waals surface area contributed by atoms with E-state index in [1.165, 1.54) is 0 Å². The van der Waals surface area contributed by atoms with E-state index < -0.39 is 17.5 Å². The minimum atomic E-state index is -0.888. The second-order valence-electron chi connectivity index (χ2n) is 6.94. The molecule has 30 heavy (non-hydrogen) atoms. The molecule has 0 saturated carbocycles. The molecule has 2 aromatic heterocycles. The molecule has 1 saturated heterocycles. The highest BCUT2D eigenvalue weighted by Crippen LogP contribution is 2.29. The van der Waals surface area contributed by atoms with Gasteiger partial charge in [0.05, 0.1) is 23.7 Å². The van der Waals surface area contributed by atoms with Crippen LogP contribution >= 0.6 is 11.8 Å². The molecule has 1 aromatic carbocycles. The molecule has 1 N–H and O–H groups in total. The Kier molecular flexibility index (Phi) is 6.12. The number of hydrogen-bond donors (Lipinski definition) is 1. The molecule has 1 aliphatic rings. The minimum absolute atomic E-state index is 0.193. The van der Waals surface area contributed by atoms with Gasteiger partial charge in [0.2, 0.25) is 0 Å². The van der Waals surface area contributed by atoms with Crippen LogP contribution in [-0.4, -0.2) is 51.0 Å². The third kappa shape index (κ3) is 4.23. The molecule has 1 amide bonds. The van der Waals surface area contributed by atoms with E-state index in [0.29, 0.717) is 23.4 Å². The van der Waals surface area contributed by atoms with Crippen LogP contribution in [0.3, 0.4) is 0 Å². The van der Waals surface area contributed by atoms with Crippen molar-refractivity contribution in [1.29, 1.82) is 0 Å². The molecule has 0 spiro atoms. The lowest BCUT2D eigenvalue weighted by Crippen LogP contribution is -2.28. The first-order valence-corrected chi connectivity index (χ1v) is 10.9. The van der Waals surface area contributed by atoms with E-state index in [2.05, 4.69) is 27.2 Å². The standard InChI is InChI=1S/C20H22F2N6OS/c1-2-30-20-25-17(27-8-3-4-9-27)15-12-24-28(18(15)26-20)10-7-23-19(29)14-6-5-13(21)11-16(14)22/h5-6,11-12H,2-4,7-10H2,1H3,(H,23,29). The maximum absolute atomic E-state index is 13.8. The number of rotatable bonds is 7. The van der Waals surface area contributed by atoms with Crippen LogP contribution in [0.15, 0.2) is 29.6 Å². The monoisotopic (exact) mass is 432 g/mol. The molecule has 1 aliphatic heterocycles.